The van der Waals surface area contributed by atoms with E-state index < -0.39 is 18.0 Å². The number of nitriles is 1. The highest BCUT2D eigenvalue weighted by Crippen LogP contribution is 2.39. The molecule has 1 fully saturated rings. The molecule has 0 spiro atoms. The van der Waals surface area contributed by atoms with Gasteiger partial charge >= 0.3 is 23.9 Å². The second-order valence-corrected chi connectivity index (χ2v) is 7.97. The second-order valence-electron chi connectivity index (χ2n) is 7.97. The van der Waals surface area contributed by atoms with E-state index in [4.69, 9.17) is 4.98 Å². The number of alkyl halides is 2. The van der Waals surface area contributed by atoms with Crippen molar-refractivity contribution in [3.05, 3.63) is 29.3 Å². The second kappa shape index (κ2) is 8.75. The molecule has 8 nitrogen and oxygen atoms in total. The third kappa shape index (κ3) is 4.04. The average molecular weight is 436 g/mol. The van der Waals surface area contributed by atoms with Crippen LogP contribution in [0.1, 0.15) is 56.5 Å². The molecule has 1 saturated carbocycles. The molecule has 0 radical (unpaired) electrons. The zero-order chi connectivity index (χ0) is 22.8. The van der Waals surface area contributed by atoms with Gasteiger partial charge < -0.3 is 4.57 Å². The first-order valence-corrected chi connectivity index (χ1v) is 10.3. The molecule has 162 valence electrons. The number of fused-ring (bicyclic) bond motifs is 1. The van der Waals surface area contributed by atoms with Gasteiger partial charge in [-0.1, -0.05) is 6.42 Å². The van der Waals surface area contributed by atoms with Gasteiger partial charge in [0, 0.05) is 18.5 Å². The fourth-order valence-corrected chi connectivity index (χ4v) is 3.73. The summed E-state index contributed by atoms with van der Waals surface area (Å²) in [5, 5.41) is 9.19. The Morgan fingerprint density at radius 3 is 2.78 bits per heavy atom. The van der Waals surface area contributed by atoms with Crippen molar-refractivity contribution < 1.29 is 13.6 Å². The summed E-state index contributed by atoms with van der Waals surface area (Å²) in [6, 6.07) is 3.81. The van der Waals surface area contributed by atoms with E-state index >= 15 is 0 Å². The summed E-state index contributed by atoms with van der Waals surface area (Å²) in [4.78, 5) is 29.4. The first kappa shape index (κ1) is 21.4. The molecule has 0 N–H and O–H groups in total. The van der Waals surface area contributed by atoms with Gasteiger partial charge in [0.2, 0.25) is 0 Å². The number of carbonyl (C=O) groups excluding carboxylic acids is 1. The van der Waals surface area contributed by atoms with Crippen LogP contribution in [-0.4, -0.2) is 50.9 Å². The molecule has 0 aromatic carbocycles. The molecule has 1 atom stereocenters. The first-order valence-electron chi connectivity index (χ1n) is 10.3. The molecule has 2 aromatic rings. The maximum absolute atomic E-state index is 12.6. The number of amides is 1. The maximum Gasteiger partial charge on any atom is 0.401 e. The summed E-state index contributed by atoms with van der Waals surface area (Å²) in [6.45, 7) is 4.03. The summed E-state index contributed by atoms with van der Waals surface area (Å²) in [5.74, 6) is 2.26. The SMILES string of the molecule is CC(C)n1c(C(C=NC(=O)C2=C=[N+]=C(C(F)F)C=N2)C2CCC2)nc2cc(C#N)cnc21. The number of pyridine rings is 1. The summed E-state index contributed by atoms with van der Waals surface area (Å²) < 4.78 is 30.7. The molecular formula is C22H20F2N7O+. The monoisotopic (exact) mass is 436 g/mol. The Hall–Kier alpha value is -3.79. The molecule has 3 heterocycles. The molecule has 2 aromatic heterocycles. The lowest BCUT2D eigenvalue weighted by molar-refractivity contribution is -0.114. The maximum atomic E-state index is 12.6. The number of rotatable bonds is 6. The zero-order valence-corrected chi connectivity index (χ0v) is 17.5. The predicted octanol–water partition coefficient (Wildman–Crippen LogP) is 2.78. The van der Waals surface area contributed by atoms with Crippen LogP contribution in [0.2, 0.25) is 0 Å². The highest BCUT2D eigenvalue weighted by atomic mass is 19.3. The molecule has 1 aliphatic heterocycles. The smallest absolute Gasteiger partial charge is 0.310 e. The van der Waals surface area contributed by atoms with Gasteiger partial charge in [-0.15, -0.1) is 0 Å². The highest BCUT2D eigenvalue weighted by molar-refractivity contribution is 6.33. The number of hydrogen-bond acceptors (Lipinski definition) is 5. The topological polar surface area (TPSA) is 110 Å². The number of imidazole rings is 1. The molecule has 4 rings (SSSR count). The minimum atomic E-state index is -2.78. The Balaban J connectivity index is 1.73. The van der Waals surface area contributed by atoms with Gasteiger partial charge in [0.05, 0.1) is 11.5 Å². The number of aromatic nitrogens is 3. The Labute approximate surface area is 182 Å². The molecule has 0 bridgehead atoms. The number of hydrogen-bond donors (Lipinski definition) is 0. The fraction of sp³-hybridized carbons (Fsp3) is 0.409. The summed E-state index contributed by atoms with van der Waals surface area (Å²) in [7, 11) is 0. The fourth-order valence-electron chi connectivity index (χ4n) is 3.73. The van der Waals surface area contributed by atoms with Crippen LogP contribution >= 0.6 is 0 Å². The van der Waals surface area contributed by atoms with E-state index in [0.29, 0.717) is 16.7 Å². The van der Waals surface area contributed by atoms with Crippen LogP contribution in [0.25, 0.3) is 11.2 Å². The number of aliphatic imine (C=N–C) groups is 2. The van der Waals surface area contributed by atoms with Gasteiger partial charge in [0.25, 0.3) is 5.70 Å². The summed E-state index contributed by atoms with van der Waals surface area (Å²) in [5.41, 5.74) is 0.921. The third-order valence-corrected chi connectivity index (χ3v) is 5.55. The molecule has 1 amide bonds. The first-order chi connectivity index (χ1) is 15.4. The molecule has 32 heavy (non-hydrogen) atoms. The van der Waals surface area contributed by atoms with Crippen LogP contribution in [0.15, 0.2) is 27.9 Å². The van der Waals surface area contributed by atoms with Crippen LogP contribution in [0.3, 0.4) is 0 Å². The summed E-state index contributed by atoms with van der Waals surface area (Å²) >= 11 is 0. The lowest BCUT2D eigenvalue weighted by atomic mass is 9.76. The zero-order valence-electron chi connectivity index (χ0n) is 17.5. The summed E-state index contributed by atoms with van der Waals surface area (Å²) in [6.07, 6.45) is 4.15. The molecule has 0 saturated heterocycles. The van der Waals surface area contributed by atoms with Crippen molar-refractivity contribution >= 4 is 41.1 Å². The van der Waals surface area contributed by atoms with Crippen molar-refractivity contribution in [3.63, 3.8) is 0 Å². The van der Waals surface area contributed by atoms with E-state index in [0.717, 1.165) is 31.3 Å². The molecule has 10 heteroatoms. The van der Waals surface area contributed by atoms with Gasteiger partial charge in [-0.2, -0.15) is 14.0 Å². The minimum Gasteiger partial charge on any atom is -0.310 e. The van der Waals surface area contributed by atoms with Crippen LogP contribution in [0.5, 0.6) is 0 Å². The van der Waals surface area contributed by atoms with Crippen molar-refractivity contribution in [2.75, 3.05) is 0 Å². The lowest BCUT2D eigenvalue weighted by Gasteiger charge is -2.31. The van der Waals surface area contributed by atoms with Gasteiger partial charge in [-0.25, -0.2) is 20.0 Å². The van der Waals surface area contributed by atoms with Crippen LogP contribution in [0.4, 0.5) is 8.78 Å². The quantitative estimate of drug-likeness (QED) is 0.512. The Kier molecular flexibility index (Phi) is 5.87. The van der Waals surface area contributed by atoms with Crippen LogP contribution in [-0.2, 0) is 4.79 Å². The highest BCUT2D eigenvalue weighted by Gasteiger charge is 2.33. The normalized spacial score (nSPS) is 17.0. The van der Waals surface area contributed by atoms with Gasteiger partial charge in [0.1, 0.15) is 23.6 Å². The van der Waals surface area contributed by atoms with E-state index in [1.807, 2.05) is 18.4 Å². The number of halogens is 2. The van der Waals surface area contributed by atoms with Crippen molar-refractivity contribution in [2.24, 2.45) is 15.9 Å². The van der Waals surface area contributed by atoms with Gasteiger partial charge in [-0.3, -0.25) is 4.79 Å². The van der Waals surface area contributed by atoms with E-state index in [1.54, 1.807) is 12.3 Å². The lowest BCUT2D eigenvalue weighted by Crippen LogP contribution is -2.25. The molecule has 1 unspecified atom stereocenters. The van der Waals surface area contributed by atoms with Crippen LogP contribution < -0.4 is 4.67 Å². The van der Waals surface area contributed by atoms with Crippen molar-refractivity contribution in [2.45, 2.75) is 51.5 Å². The van der Waals surface area contributed by atoms with Crippen LogP contribution in [0, 0.1) is 17.2 Å². The predicted molar refractivity (Wildman–Crippen MR) is 116 cm³/mol. The average Bonchev–Trinajstić information content (AvgIpc) is 3.13. The number of carbonyl (C=O) groups is 1. The van der Waals surface area contributed by atoms with Crippen molar-refractivity contribution in [1.82, 2.24) is 19.2 Å². The molecule has 2 aliphatic rings. The van der Waals surface area contributed by atoms with Gasteiger partial charge in [-0.05, 0) is 43.3 Å². The minimum absolute atomic E-state index is 0.0446. The van der Waals surface area contributed by atoms with Gasteiger partial charge in [0.15, 0.2) is 5.65 Å². The van der Waals surface area contributed by atoms with Crippen molar-refractivity contribution in [1.29, 1.82) is 5.26 Å². The third-order valence-electron chi connectivity index (χ3n) is 5.55. The van der Waals surface area contributed by atoms with E-state index in [-0.39, 0.29) is 23.6 Å². The molecular weight excluding hydrogens is 416 g/mol. The van der Waals surface area contributed by atoms with Crippen molar-refractivity contribution in [3.8, 4) is 6.07 Å². The standard InChI is InChI=1S/C22H20F2N7O/c1-12(2)31-20(30-16-6-13(7-25)8-28-21(16)31)15(14-4-3-5-14)9-29-22(32)18-11-26-17(10-27-18)19(23)24/h6,8-10,12,14-15,19H,3-5H2,1-2H3/q+1. The number of nitrogens with zero attached hydrogens (tertiary/aromatic N) is 7. The van der Waals surface area contributed by atoms with E-state index in [2.05, 4.69) is 31.6 Å². The molecule has 1 aliphatic carbocycles. The Morgan fingerprint density at radius 1 is 1.44 bits per heavy atom. The Bertz CT molecular complexity index is 1280. The largest absolute Gasteiger partial charge is 0.401 e. The van der Waals surface area contributed by atoms with E-state index in [9.17, 15) is 18.8 Å². The Morgan fingerprint density at radius 2 is 2.22 bits per heavy atom. The van der Waals surface area contributed by atoms with E-state index in [1.165, 1.54) is 6.20 Å².